The molecule has 0 aliphatic rings. The van der Waals surface area contributed by atoms with Crippen molar-refractivity contribution in [1.29, 1.82) is 5.53 Å². The van der Waals surface area contributed by atoms with Gasteiger partial charge in [0.1, 0.15) is 0 Å². The lowest BCUT2D eigenvalue weighted by Crippen LogP contribution is -2.18. The predicted molar refractivity (Wildman–Crippen MR) is 43.5 cm³/mol. The number of nitrogens with one attached hydrogen (secondary N) is 1. The van der Waals surface area contributed by atoms with E-state index in [1.165, 1.54) is 0 Å². The van der Waals surface area contributed by atoms with Gasteiger partial charge in [-0.05, 0) is 12.0 Å². The minimum Gasteiger partial charge on any atom is -0.231 e. The van der Waals surface area contributed by atoms with E-state index >= 15 is 0 Å². The van der Waals surface area contributed by atoms with Gasteiger partial charge in [-0.1, -0.05) is 19.8 Å². The van der Waals surface area contributed by atoms with E-state index < -0.39 is 10.3 Å². The Labute approximate surface area is 72.8 Å². The summed E-state index contributed by atoms with van der Waals surface area (Å²) in [6.07, 6.45) is 3.60. The summed E-state index contributed by atoms with van der Waals surface area (Å²) in [7, 11) is -4.29. The third kappa shape index (κ3) is 5.20. The zero-order valence-corrected chi connectivity index (χ0v) is 7.97. The summed E-state index contributed by atoms with van der Waals surface area (Å²) in [5.74, 6) is 0. The molecule has 12 heavy (non-hydrogen) atoms. The molecule has 0 aromatic rings. The summed E-state index contributed by atoms with van der Waals surface area (Å²) in [5.41, 5.74) is 6.85. The van der Waals surface area contributed by atoms with Crippen LogP contribution in [0.5, 0.6) is 0 Å². The second kappa shape index (κ2) is 5.21. The highest BCUT2D eigenvalue weighted by Crippen LogP contribution is 1.99. The maximum Gasteiger partial charge on any atom is 0.530 e. The fourth-order valence-corrected chi connectivity index (χ4v) is 1.16. The first kappa shape index (κ1) is 11.5. The molecule has 0 amide bonds. The number of unbranched alkanes of at least 4 members (excludes halogenated alkanes) is 3. The normalized spacial score (nSPS) is 11.5. The van der Waals surface area contributed by atoms with E-state index in [0.717, 1.165) is 19.3 Å². The van der Waals surface area contributed by atoms with Gasteiger partial charge in [0.25, 0.3) is 0 Å². The lowest BCUT2D eigenvalue weighted by Gasteiger charge is -1.93. The topological polar surface area (TPSA) is 81.2 Å². The highest BCUT2D eigenvalue weighted by Gasteiger charge is 2.20. The van der Waals surface area contributed by atoms with Gasteiger partial charge < -0.3 is 0 Å². The molecule has 0 aliphatic heterocycles. The van der Waals surface area contributed by atoms with Crippen LogP contribution < -0.4 is 0 Å². The molecule has 0 spiro atoms. The van der Waals surface area contributed by atoms with Crippen molar-refractivity contribution in [2.75, 3.05) is 6.54 Å². The van der Waals surface area contributed by atoms with E-state index in [4.69, 9.17) is 10.1 Å². The van der Waals surface area contributed by atoms with Gasteiger partial charge in [0, 0.05) is 10.5 Å². The third-order valence-corrected chi connectivity index (χ3v) is 2.23. The number of hydrogen-bond acceptors (Lipinski definition) is 3. The third-order valence-electron chi connectivity index (χ3n) is 1.49. The molecule has 0 aliphatic carbocycles. The van der Waals surface area contributed by atoms with Crippen molar-refractivity contribution < 1.29 is 17.1 Å². The van der Waals surface area contributed by atoms with Crippen LogP contribution in [0, 0.1) is 5.53 Å². The van der Waals surface area contributed by atoms with Crippen LogP contribution in [0.2, 0.25) is 0 Å². The van der Waals surface area contributed by atoms with Gasteiger partial charge in [-0.15, -0.1) is 8.42 Å². The Morgan fingerprint density at radius 2 is 1.92 bits per heavy atom. The van der Waals surface area contributed by atoms with Crippen molar-refractivity contribution in [2.45, 2.75) is 32.6 Å². The second-order valence-electron chi connectivity index (χ2n) is 2.61. The van der Waals surface area contributed by atoms with Crippen LogP contribution in [0.25, 0.3) is 0 Å². The smallest absolute Gasteiger partial charge is 0.231 e. The molecule has 0 radical (unpaired) electrons. The lowest BCUT2D eigenvalue weighted by atomic mass is 10.2. The molecule has 72 valence electrons. The molecule has 0 fully saturated rings. The monoisotopic (exact) mass is 195 g/mol. The van der Waals surface area contributed by atoms with Crippen LogP contribution in [0.4, 0.5) is 0 Å². The fourth-order valence-electron chi connectivity index (χ4n) is 0.798. The highest BCUT2D eigenvalue weighted by molar-refractivity contribution is 7.79. The quantitative estimate of drug-likeness (QED) is 0.291. The van der Waals surface area contributed by atoms with E-state index in [2.05, 4.69) is 0 Å². The van der Waals surface area contributed by atoms with E-state index in [9.17, 15) is 8.42 Å². The molecule has 0 bridgehead atoms. The summed E-state index contributed by atoms with van der Waals surface area (Å²) >= 11 is 0. The summed E-state index contributed by atoms with van der Waals surface area (Å²) in [4.78, 5) is 0. The van der Waals surface area contributed by atoms with Gasteiger partial charge in [0.2, 0.25) is 0 Å². The van der Waals surface area contributed by atoms with Crippen LogP contribution in [-0.4, -0.2) is 23.6 Å². The second-order valence-corrected chi connectivity index (χ2v) is 3.95. The standard InChI is InChI=1S/C6H14N2O3S/c1-2-3-4-5-6-8(7)12(9,10)11/h7H,2-6H2,1H3/p+1. The zero-order valence-electron chi connectivity index (χ0n) is 7.15. The van der Waals surface area contributed by atoms with Gasteiger partial charge in [-0.3, -0.25) is 0 Å². The van der Waals surface area contributed by atoms with Crippen molar-refractivity contribution in [1.82, 2.24) is 0 Å². The van der Waals surface area contributed by atoms with E-state index in [-0.39, 0.29) is 10.6 Å². The first-order valence-corrected chi connectivity index (χ1v) is 5.34. The molecule has 0 atom stereocenters. The average Bonchev–Trinajstić information content (AvgIpc) is 1.96. The molecule has 5 nitrogen and oxygen atoms in total. The van der Waals surface area contributed by atoms with Crippen LogP contribution in [-0.2, 0) is 10.3 Å². The Hall–Kier alpha value is -0.490. The molecule has 0 heterocycles. The average molecular weight is 195 g/mol. The van der Waals surface area contributed by atoms with Gasteiger partial charge in [0.05, 0.1) is 0 Å². The zero-order chi connectivity index (χ0) is 9.61. The summed E-state index contributed by atoms with van der Waals surface area (Å²) in [5, 5.41) is 0. The van der Waals surface area contributed by atoms with Crippen molar-refractivity contribution in [3.63, 3.8) is 0 Å². The fraction of sp³-hybridized carbons (Fsp3) is 1.00. The van der Waals surface area contributed by atoms with E-state index in [0.29, 0.717) is 6.42 Å². The van der Waals surface area contributed by atoms with Crippen LogP contribution in [0.15, 0.2) is 0 Å². The van der Waals surface area contributed by atoms with Gasteiger partial charge in [-0.2, -0.15) is 0 Å². The Balaban J connectivity index is 3.60. The van der Waals surface area contributed by atoms with Crippen LogP contribution in [0.1, 0.15) is 32.6 Å². The maximum atomic E-state index is 10.3. The van der Waals surface area contributed by atoms with E-state index in [1.54, 1.807) is 0 Å². The summed E-state index contributed by atoms with van der Waals surface area (Å²) in [6.45, 7) is 2.11. The Bertz CT molecular complexity index is 235. The molecule has 6 heteroatoms. The van der Waals surface area contributed by atoms with Gasteiger partial charge >= 0.3 is 10.3 Å². The molecule has 2 N–H and O–H groups in total. The molecular formula is C6H15N2O3S+. The molecule has 0 rings (SSSR count). The van der Waals surface area contributed by atoms with Crippen LogP contribution >= 0.6 is 0 Å². The number of nitrogens with zero attached hydrogens (tertiary/aromatic N) is 1. The van der Waals surface area contributed by atoms with Crippen molar-refractivity contribution >= 4 is 10.3 Å². The predicted octanol–water partition coefficient (Wildman–Crippen LogP) is 1.41. The Kier molecular flexibility index (Phi) is 5.00. The summed E-state index contributed by atoms with van der Waals surface area (Å²) in [6, 6.07) is 0. The number of hydrogen-bond donors (Lipinski definition) is 2. The minimum atomic E-state index is -4.29. The molecule has 0 unspecified atom stereocenters. The largest absolute Gasteiger partial charge is 0.530 e. The minimum absolute atomic E-state index is 0.0683. The molecule has 0 saturated carbocycles. The van der Waals surface area contributed by atoms with Crippen LogP contribution in [0.3, 0.4) is 0 Å². The Morgan fingerprint density at radius 1 is 1.33 bits per heavy atom. The first-order valence-electron chi connectivity index (χ1n) is 3.95. The van der Waals surface area contributed by atoms with Crippen molar-refractivity contribution in [3.05, 3.63) is 0 Å². The SMILES string of the molecule is CCCCCC[N+](=N)S(=O)(=O)O. The maximum absolute atomic E-state index is 10.3. The van der Waals surface area contributed by atoms with E-state index in [1.807, 2.05) is 6.92 Å². The van der Waals surface area contributed by atoms with Gasteiger partial charge in [0.15, 0.2) is 6.54 Å². The molecule has 0 saturated heterocycles. The van der Waals surface area contributed by atoms with Crippen molar-refractivity contribution in [2.24, 2.45) is 0 Å². The van der Waals surface area contributed by atoms with Gasteiger partial charge in [-0.25, -0.2) is 4.55 Å². The first-order chi connectivity index (χ1) is 5.48. The molecule has 0 aromatic heterocycles. The molecular weight excluding hydrogens is 180 g/mol. The van der Waals surface area contributed by atoms with Crippen molar-refractivity contribution in [3.8, 4) is 0 Å². The highest BCUT2D eigenvalue weighted by atomic mass is 32.2. The molecule has 0 aromatic carbocycles. The number of rotatable bonds is 6. The Morgan fingerprint density at radius 3 is 2.33 bits per heavy atom. The summed E-state index contributed by atoms with van der Waals surface area (Å²) < 4.78 is 29.1. The lowest BCUT2D eigenvalue weighted by molar-refractivity contribution is -0.474.